The minimum absolute atomic E-state index is 0.284. The number of hydrogen-bond donors (Lipinski definition) is 1. The predicted octanol–water partition coefficient (Wildman–Crippen LogP) is 3.60. The van der Waals surface area contributed by atoms with Crippen molar-refractivity contribution in [3.8, 4) is 5.75 Å². The van der Waals surface area contributed by atoms with Crippen LogP contribution in [0.4, 0.5) is 0 Å². The molecule has 0 bridgehead atoms. The van der Waals surface area contributed by atoms with Crippen LogP contribution in [0.5, 0.6) is 5.75 Å². The molecule has 2 aromatic rings. The molecule has 0 radical (unpaired) electrons. The molecule has 0 aliphatic carbocycles. The quantitative estimate of drug-likeness (QED) is 0.904. The number of benzene rings is 2. The van der Waals surface area contributed by atoms with Crippen molar-refractivity contribution in [2.24, 2.45) is 0 Å². The molecule has 0 saturated heterocycles. The molecule has 98 valence electrons. The Morgan fingerprint density at radius 3 is 2.68 bits per heavy atom. The number of halogens is 1. The Morgan fingerprint density at radius 2 is 1.89 bits per heavy atom. The molecule has 0 unspecified atom stereocenters. The van der Waals surface area contributed by atoms with Crippen molar-refractivity contribution >= 4 is 11.6 Å². The van der Waals surface area contributed by atoms with Crippen molar-refractivity contribution in [2.75, 3.05) is 6.54 Å². The fraction of sp³-hybridized carbons (Fsp3) is 0.250. The highest BCUT2D eigenvalue weighted by Gasteiger charge is 2.16. The summed E-state index contributed by atoms with van der Waals surface area (Å²) in [6.45, 7) is 2.73. The zero-order valence-corrected chi connectivity index (χ0v) is 11.4. The SMILES string of the molecule is Oc1cc(Cl)ccc1CN1CCc2ccccc2C1. The van der Waals surface area contributed by atoms with Gasteiger partial charge in [0.1, 0.15) is 5.75 Å². The molecule has 0 saturated carbocycles. The lowest BCUT2D eigenvalue weighted by Gasteiger charge is -2.28. The van der Waals surface area contributed by atoms with Gasteiger partial charge in [-0.2, -0.15) is 0 Å². The lowest BCUT2D eigenvalue weighted by molar-refractivity contribution is 0.242. The molecule has 0 atom stereocenters. The first-order chi connectivity index (χ1) is 9.22. The monoisotopic (exact) mass is 273 g/mol. The number of fused-ring (bicyclic) bond motifs is 1. The van der Waals surface area contributed by atoms with Crippen molar-refractivity contribution in [1.82, 2.24) is 4.90 Å². The molecule has 0 aromatic heterocycles. The maximum absolute atomic E-state index is 9.91. The van der Waals surface area contributed by atoms with Gasteiger partial charge >= 0.3 is 0 Å². The van der Waals surface area contributed by atoms with Crippen molar-refractivity contribution in [3.05, 3.63) is 64.2 Å². The van der Waals surface area contributed by atoms with Crippen LogP contribution in [0.1, 0.15) is 16.7 Å². The number of rotatable bonds is 2. The third kappa shape index (κ3) is 2.75. The average Bonchev–Trinajstić information content (AvgIpc) is 2.42. The van der Waals surface area contributed by atoms with E-state index in [2.05, 4.69) is 29.2 Å². The first-order valence-corrected chi connectivity index (χ1v) is 6.87. The number of nitrogens with zero attached hydrogens (tertiary/aromatic N) is 1. The van der Waals surface area contributed by atoms with Gasteiger partial charge in [0.05, 0.1) is 0 Å². The summed E-state index contributed by atoms with van der Waals surface area (Å²) in [6.07, 6.45) is 1.07. The molecule has 1 heterocycles. The van der Waals surface area contributed by atoms with Crippen LogP contribution in [0.2, 0.25) is 5.02 Å². The van der Waals surface area contributed by atoms with E-state index in [0.717, 1.165) is 31.6 Å². The highest BCUT2D eigenvalue weighted by Crippen LogP contribution is 2.26. The number of aromatic hydroxyl groups is 1. The third-order valence-electron chi connectivity index (χ3n) is 3.65. The summed E-state index contributed by atoms with van der Waals surface area (Å²) in [5.41, 5.74) is 3.77. The molecule has 19 heavy (non-hydrogen) atoms. The maximum Gasteiger partial charge on any atom is 0.121 e. The Bertz CT molecular complexity index is 597. The molecular weight excluding hydrogens is 258 g/mol. The van der Waals surface area contributed by atoms with Crippen LogP contribution in [-0.2, 0) is 19.5 Å². The number of phenols is 1. The van der Waals surface area contributed by atoms with Crippen LogP contribution in [0.15, 0.2) is 42.5 Å². The summed E-state index contributed by atoms with van der Waals surface area (Å²) in [5, 5.41) is 10.5. The maximum atomic E-state index is 9.91. The molecular formula is C16H16ClNO. The summed E-state index contributed by atoms with van der Waals surface area (Å²) < 4.78 is 0. The van der Waals surface area contributed by atoms with E-state index in [1.807, 2.05) is 12.1 Å². The van der Waals surface area contributed by atoms with E-state index in [4.69, 9.17) is 11.6 Å². The summed E-state index contributed by atoms with van der Waals surface area (Å²) >= 11 is 5.85. The van der Waals surface area contributed by atoms with Crippen LogP contribution < -0.4 is 0 Å². The van der Waals surface area contributed by atoms with Gasteiger partial charge in [0.15, 0.2) is 0 Å². The standard InChI is InChI=1S/C16H16ClNO/c17-15-6-5-14(16(19)9-15)11-18-8-7-12-3-1-2-4-13(12)10-18/h1-6,9,19H,7-8,10-11H2. The lowest BCUT2D eigenvalue weighted by atomic mass is 9.99. The normalized spacial score (nSPS) is 15.2. The minimum atomic E-state index is 0.284. The van der Waals surface area contributed by atoms with Gasteiger partial charge < -0.3 is 5.11 Å². The van der Waals surface area contributed by atoms with E-state index in [1.165, 1.54) is 11.1 Å². The smallest absolute Gasteiger partial charge is 0.121 e. The average molecular weight is 274 g/mol. The largest absolute Gasteiger partial charge is 0.508 e. The Morgan fingerprint density at radius 1 is 1.11 bits per heavy atom. The topological polar surface area (TPSA) is 23.5 Å². The molecule has 2 nitrogen and oxygen atoms in total. The third-order valence-corrected chi connectivity index (χ3v) is 3.89. The van der Waals surface area contributed by atoms with E-state index in [1.54, 1.807) is 6.07 Å². The molecule has 1 aliphatic rings. The van der Waals surface area contributed by atoms with E-state index in [9.17, 15) is 5.11 Å². The molecule has 1 N–H and O–H groups in total. The van der Waals surface area contributed by atoms with Gasteiger partial charge in [0.2, 0.25) is 0 Å². The second-order valence-corrected chi connectivity index (χ2v) is 5.44. The second kappa shape index (κ2) is 5.24. The van der Waals surface area contributed by atoms with Crippen molar-refractivity contribution < 1.29 is 5.11 Å². The highest BCUT2D eigenvalue weighted by atomic mass is 35.5. The Kier molecular flexibility index (Phi) is 3.45. The van der Waals surface area contributed by atoms with Crippen LogP contribution >= 0.6 is 11.6 Å². The lowest BCUT2D eigenvalue weighted by Crippen LogP contribution is -2.29. The summed E-state index contributed by atoms with van der Waals surface area (Å²) in [5.74, 6) is 0.284. The van der Waals surface area contributed by atoms with E-state index >= 15 is 0 Å². The molecule has 0 spiro atoms. The zero-order chi connectivity index (χ0) is 13.2. The van der Waals surface area contributed by atoms with Crippen molar-refractivity contribution in [3.63, 3.8) is 0 Å². The van der Waals surface area contributed by atoms with Crippen LogP contribution in [0, 0.1) is 0 Å². The number of phenolic OH excluding ortho intramolecular Hbond substituents is 1. The van der Waals surface area contributed by atoms with Crippen molar-refractivity contribution in [2.45, 2.75) is 19.5 Å². The van der Waals surface area contributed by atoms with E-state index in [0.29, 0.717) is 5.02 Å². The molecule has 0 amide bonds. The molecule has 0 fully saturated rings. The summed E-state index contributed by atoms with van der Waals surface area (Å²) in [6, 6.07) is 13.9. The summed E-state index contributed by atoms with van der Waals surface area (Å²) in [7, 11) is 0. The van der Waals surface area contributed by atoms with Gasteiger partial charge in [-0.15, -0.1) is 0 Å². The zero-order valence-electron chi connectivity index (χ0n) is 10.6. The second-order valence-electron chi connectivity index (χ2n) is 5.00. The Hall–Kier alpha value is -1.51. The van der Waals surface area contributed by atoms with Gasteiger partial charge in [-0.1, -0.05) is 41.9 Å². The molecule has 1 aliphatic heterocycles. The van der Waals surface area contributed by atoms with Crippen molar-refractivity contribution in [1.29, 1.82) is 0 Å². The van der Waals surface area contributed by atoms with Crippen LogP contribution in [0.3, 0.4) is 0 Å². The minimum Gasteiger partial charge on any atom is -0.508 e. The first kappa shape index (κ1) is 12.5. The Labute approximate surface area is 118 Å². The molecule has 2 aromatic carbocycles. The van der Waals surface area contributed by atoms with Gasteiger partial charge in [0.25, 0.3) is 0 Å². The Balaban J connectivity index is 1.75. The van der Waals surface area contributed by atoms with Crippen LogP contribution in [-0.4, -0.2) is 16.6 Å². The van der Waals surface area contributed by atoms with E-state index in [-0.39, 0.29) is 5.75 Å². The fourth-order valence-electron chi connectivity index (χ4n) is 2.60. The van der Waals surface area contributed by atoms with Gasteiger partial charge in [-0.25, -0.2) is 0 Å². The van der Waals surface area contributed by atoms with Gasteiger partial charge in [0, 0.05) is 30.2 Å². The molecule has 3 rings (SSSR count). The fourth-order valence-corrected chi connectivity index (χ4v) is 2.77. The van der Waals surface area contributed by atoms with E-state index < -0.39 is 0 Å². The highest BCUT2D eigenvalue weighted by molar-refractivity contribution is 6.30. The van der Waals surface area contributed by atoms with Gasteiger partial charge in [-0.05, 0) is 29.7 Å². The number of hydrogen-bond acceptors (Lipinski definition) is 2. The molecule has 3 heteroatoms. The van der Waals surface area contributed by atoms with Gasteiger partial charge in [-0.3, -0.25) is 4.90 Å². The van der Waals surface area contributed by atoms with Crippen LogP contribution in [0.25, 0.3) is 0 Å². The summed E-state index contributed by atoms with van der Waals surface area (Å²) in [4.78, 5) is 2.35. The first-order valence-electron chi connectivity index (χ1n) is 6.49. The predicted molar refractivity (Wildman–Crippen MR) is 77.4 cm³/mol.